The average molecular weight is 225 g/mol. The van der Waals surface area contributed by atoms with E-state index in [1.54, 1.807) is 0 Å². The van der Waals surface area contributed by atoms with Gasteiger partial charge in [-0.3, -0.25) is 9.69 Å². The van der Waals surface area contributed by atoms with Gasteiger partial charge in [-0.25, -0.2) is 0 Å². The third-order valence-electron chi connectivity index (χ3n) is 4.14. The lowest BCUT2D eigenvalue weighted by Gasteiger charge is -2.33. The van der Waals surface area contributed by atoms with E-state index in [0.29, 0.717) is 23.7 Å². The van der Waals surface area contributed by atoms with Gasteiger partial charge < -0.3 is 0 Å². The minimum Gasteiger partial charge on any atom is -0.297 e. The molecule has 1 rings (SSSR count). The van der Waals surface area contributed by atoms with Gasteiger partial charge in [0.05, 0.1) is 5.54 Å². The van der Waals surface area contributed by atoms with Crippen molar-refractivity contribution in [2.45, 2.75) is 59.5 Å². The maximum absolute atomic E-state index is 12.4. The van der Waals surface area contributed by atoms with Crippen molar-refractivity contribution in [3.05, 3.63) is 0 Å². The summed E-state index contributed by atoms with van der Waals surface area (Å²) in [5, 5.41) is 0. The number of ketones is 1. The first-order valence-electron chi connectivity index (χ1n) is 6.52. The molecule has 2 heteroatoms. The zero-order valence-corrected chi connectivity index (χ0v) is 11.9. The van der Waals surface area contributed by atoms with Crippen molar-refractivity contribution in [2.75, 3.05) is 7.05 Å². The minimum absolute atomic E-state index is 0.143. The predicted molar refractivity (Wildman–Crippen MR) is 68.4 cm³/mol. The molecule has 1 saturated carbocycles. The van der Waals surface area contributed by atoms with Crippen LogP contribution in [0.5, 0.6) is 0 Å². The summed E-state index contributed by atoms with van der Waals surface area (Å²) in [5.41, 5.74) is -0.156. The highest BCUT2D eigenvalue weighted by Gasteiger charge is 2.63. The quantitative estimate of drug-likeness (QED) is 0.717. The molecule has 0 bridgehead atoms. The van der Waals surface area contributed by atoms with Crippen LogP contribution in [0.15, 0.2) is 0 Å². The highest BCUT2D eigenvalue weighted by atomic mass is 16.1. The van der Waals surface area contributed by atoms with Crippen LogP contribution in [0.25, 0.3) is 0 Å². The molecular weight excluding hydrogens is 198 g/mol. The Morgan fingerprint density at radius 2 is 1.69 bits per heavy atom. The Morgan fingerprint density at radius 1 is 1.19 bits per heavy atom. The standard InChI is InChI=1S/C14H27NO/c1-9(2)12-8-14(12,13(16)10(3)4)15(7)11(5)6/h9-12H,8H2,1-7H3. The smallest absolute Gasteiger partial charge is 0.155 e. The van der Waals surface area contributed by atoms with Crippen LogP contribution < -0.4 is 0 Å². The van der Waals surface area contributed by atoms with Gasteiger partial charge in [0.15, 0.2) is 5.78 Å². The molecule has 0 spiro atoms. The van der Waals surface area contributed by atoms with Crippen LogP contribution in [0.3, 0.4) is 0 Å². The number of nitrogens with zero attached hydrogens (tertiary/aromatic N) is 1. The van der Waals surface area contributed by atoms with Crippen molar-refractivity contribution < 1.29 is 4.79 Å². The minimum atomic E-state index is -0.156. The Morgan fingerprint density at radius 3 is 1.94 bits per heavy atom. The van der Waals surface area contributed by atoms with E-state index in [2.05, 4.69) is 39.6 Å². The van der Waals surface area contributed by atoms with Gasteiger partial charge >= 0.3 is 0 Å². The number of likely N-dealkylation sites (N-methyl/N-ethyl adjacent to an activating group) is 1. The summed E-state index contributed by atoms with van der Waals surface area (Å²) >= 11 is 0. The van der Waals surface area contributed by atoms with Crippen LogP contribution in [-0.2, 0) is 4.79 Å². The Kier molecular flexibility index (Phi) is 3.83. The van der Waals surface area contributed by atoms with Gasteiger partial charge in [-0.05, 0) is 39.2 Å². The molecule has 94 valence electrons. The highest BCUT2D eigenvalue weighted by Crippen LogP contribution is 2.54. The number of carbonyl (C=O) groups excluding carboxylic acids is 1. The lowest BCUT2D eigenvalue weighted by atomic mass is 9.92. The normalized spacial score (nSPS) is 29.6. The van der Waals surface area contributed by atoms with Gasteiger partial charge in [0.1, 0.15) is 0 Å². The topological polar surface area (TPSA) is 20.3 Å². The van der Waals surface area contributed by atoms with Crippen LogP contribution >= 0.6 is 0 Å². The maximum atomic E-state index is 12.4. The molecule has 0 aromatic rings. The van der Waals surface area contributed by atoms with E-state index in [4.69, 9.17) is 0 Å². The molecule has 0 aromatic heterocycles. The van der Waals surface area contributed by atoms with Gasteiger partial charge in [0.2, 0.25) is 0 Å². The lowest BCUT2D eigenvalue weighted by molar-refractivity contribution is -0.130. The van der Waals surface area contributed by atoms with Crippen LogP contribution in [0.4, 0.5) is 0 Å². The number of hydrogen-bond donors (Lipinski definition) is 0. The molecule has 2 unspecified atom stereocenters. The molecular formula is C14H27NO. The van der Waals surface area contributed by atoms with Crippen LogP contribution in [0, 0.1) is 17.8 Å². The van der Waals surface area contributed by atoms with E-state index in [0.717, 1.165) is 6.42 Å². The molecule has 0 aromatic carbocycles. The second-order valence-corrected chi connectivity index (χ2v) is 6.20. The van der Waals surface area contributed by atoms with E-state index in [1.807, 2.05) is 13.8 Å². The van der Waals surface area contributed by atoms with Gasteiger partial charge in [-0.1, -0.05) is 27.7 Å². The first-order chi connectivity index (χ1) is 7.25. The molecule has 0 heterocycles. The first kappa shape index (κ1) is 13.7. The molecule has 1 aliphatic carbocycles. The Labute approximate surface area is 100 Å². The third kappa shape index (κ3) is 2.04. The highest BCUT2D eigenvalue weighted by molar-refractivity contribution is 5.93. The van der Waals surface area contributed by atoms with Crippen LogP contribution in [-0.4, -0.2) is 29.3 Å². The van der Waals surface area contributed by atoms with E-state index >= 15 is 0 Å². The number of carbonyl (C=O) groups is 1. The molecule has 0 saturated heterocycles. The molecule has 0 aliphatic heterocycles. The summed E-state index contributed by atoms with van der Waals surface area (Å²) in [6.07, 6.45) is 1.05. The lowest BCUT2D eigenvalue weighted by Crippen LogP contribution is -2.48. The van der Waals surface area contributed by atoms with E-state index in [1.165, 1.54) is 0 Å². The Balaban J connectivity index is 2.94. The van der Waals surface area contributed by atoms with Gasteiger partial charge in [0.25, 0.3) is 0 Å². The fourth-order valence-corrected chi connectivity index (χ4v) is 2.89. The summed E-state index contributed by atoms with van der Waals surface area (Å²) in [4.78, 5) is 14.7. The fraction of sp³-hybridized carbons (Fsp3) is 0.929. The van der Waals surface area contributed by atoms with Crippen LogP contribution in [0.1, 0.15) is 48.0 Å². The zero-order chi connectivity index (χ0) is 12.7. The van der Waals surface area contributed by atoms with Crippen LogP contribution in [0.2, 0.25) is 0 Å². The van der Waals surface area contributed by atoms with E-state index < -0.39 is 0 Å². The van der Waals surface area contributed by atoms with E-state index in [-0.39, 0.29) is 11.5 Å². The summed E-state index contributed by atoms with van der Waals surface area (Å²) in [5.74, 6) is 1.73. The second-order valence-electron chi connectivity index (χ2n) is 6.20. The molecule has 1 aliphatic rings. The second kappa shape index (κ2) is 4.48. The predicted octanol–water partition coefficient (Wildman–Crippen LogP) is 2.97. The molecule has 16 heavy (non-hydrogen) atoms. The molecule has 0 N–H and O–H groups in total. The summed E-state index contributed by atoms with van der Waals surface area (Å²) in [7, 11) is 2.10. The summed E-state index contributed by atoms with van der Waals surface area (Å²) in [6, 6.07) is 0.437. The Bertz CT molecular complexity index is 270. The van der Waals surface area contributed by atoms with Crippen molar-refractivity contribution in [3.63, 3.8) is 0 Å². The molecule has 0 radical (unpaired) electrons. The molecule has 0 amide bonds. The molecule has 2 nitrogen and oxygen atoms in total. The first-order valence-corrected chi connectivity index (χ1v) is 6.52. The summed E-state index contributed by atoms with van der Waals surface area (Å²) < 4.78 is 0. The van der Waals surface area contributed by atoms with Gasteiger partial charge in [-0.15, -0.1) is 0 Å². The van der Waals surface area contributed by atoms with Gasteiger partial charge in [0, 0.05) is 12.0 Å². The van der Waals surface area contributed by atoms with E-state index in [9.17, 15) is 4.79 Å². The monoisotopic (exact) mass is 225 g/mol. The van der Waals surface area contributed by atoms with Crippen molar-refractivity contribution in [2.24, 2.45) is 17.8 Å². The number of Topliss-reactive ketones (excluding diaryl/α,β-unsaturated/α-hetero) is 1. The van der Waals surface area contributed by atoms with Crippen molar-refractivity contribution in [1.29, 1.82) is 0 Å². The van der Waals surface area contributed by atoms with Crippen molar-refractivity contribution in [3.8, 4) is 0 Å². The summed E-state index contributed by atoms with van der Waals surface area (Å²) in [6.45, 7) is 12.8. The van der Waals surface area contributed by atoms with Crippen molar-refractivity contribution >= 4 is 5.78 Å². The largest absolute Gasteiger partial charge is 0.297 e. The Hall–Kier alpha value is -0.370. The van der Waals surface area contributed by atoms with Gasteiger partial charge in [-0.2, -0.15) is 0 Å². The fourth-order valence-electron chi connectivity index (χ4n) is 2.89. The average Bonchev–Trinajstić information content (AvgIpc) is 2.91. The SMILES string of the molecule is CC(C)C(=O)C1(N(C)C(C)C)CC1C(C)C. The number of hydrogen-bond acceptors (Lipinski definition) is 2. The number of rotatable bonds is 5. The third-order valence-corrected chi connectivity index (χ3v) is 4.14. The maximum Gasteiger partial charge on any atom is 0.155 e. The zero-order valence-electron chi connectivity index (χ0n) is 11.9. The molecule has 1 fully saturated rings. The van der Waals surface area contributed by atoms with Crippen molar-refractivity contribution in [1.82, 2.24) is 4.90 Å². The molecule has 2 atom stereocenters.